The van der Waals surface area contributed by atoms with E-state index in [0.29, 0.717) is 13.1 Å². The van der Waals surface area contributed by atoms with Gasteiger partial charge in [-0.3, -0.25) is 9.59 Å². The third kappa shape index (κ3) is 4.27. The highest BCUT2D eigenvalue weighted by Crippen LogP contribution is 2.35. The van der Waals surface area contributed by atoms with Gasteiger partial charge < -0.3 is 9.80 Å². The maximum absolute atomic E-state index is 13.5. The van der Waals surface area contributed by atoms with Crippen LogP contribution in [-0.2, 0) is 4.79 Å². The van der Waals surface area contributed by atoms with E-state index in [1.165, 1.54) is 16.7 Å². The van der Waals surface area contributed by atoms with E-state index in [9.17, 15) is 9.59 Å². The van der Waals surface area contributed by atoms with E-state index in [1.54, 1.807) is 0 Å². The predicted octanol–water partition coefficient (Wildman–Crippen LogP) is 5.67. The van der Waals surface area contributed by atoms with E-state index in [1.807, 2.05) is 47.4 Å². The maximum atomic E-state index is 13.5. The molecule has 0 bridgehead atoms. The zero-order valence-corrected chi connectivity index (χ0v) is 19.6. The van der Waals surface area contributed by atoms with Crippen molar-refractivity contribution < 1.29 is 9.59 Å². The van der Waals surface area contributed by atoms with Crippen molar-refractivity contribution in [3.63, 3.8) is 0 Å². The Morgan fingerprint density at radius 2 is 1.52 bits per heavy atom. The Bertz CT molecular complexity index is 1170. The summed E-state index contributed by atoms with van der Waals surface area (Å²) in [7, 11) is 0. The molecule has 2 fully saturated rings. The van der Waals surface area contributed by atoms with Crippen LogP contribution in [-0.4, -0.2) is 41.2 Å². The molecule has 2 amide bonds. The number of rotatable bonds is 3. The molecule has 1 unspecified atom stereocenters. The Labute approximate surface area is 196 Å². The van der Waals surface area contributed by atoms with Crippen LogP contribution in [0.1, 0.15) is 58.8 Å². The smallest absolute Gasteiger partial charge is 0.254 e. The molecule has 2 saturated heterocycles. The van der Waals surface area contributed by atoms with E-state index in [4.69, 9.17) is 0 Å². The fraction of sp³-hybridized carbons (Fsp3) is 0.379. The lowest BCUT2D eigenvalue weighted by molar-refractivity contribution is -0.137. The number of fused-ring (bicyclic) bond motifs is 1. The van der Waals surface area contributed by atoms with Crippen molar-refractivity contribution in [3.05, 3.63) is 82.9 Å². The van der Waals surface area contributed by atoms with Gasteiger partial charge >= 0.3 is 0 Å². The quantitative estimate of drug-likeness (QED) is 0.526. The minimum atomic E-state index is 0.00748. The standard InChI is InChI=1S/C29H32N2O2/c1-20-17-21(2)19-24(18-20)27-11-6-14-31(27)28(32)23-12-15-30(16-13-23)29(33)26-10-5-8-22-7-3-4-9-25(22)26/h3-5,7-10,17-19,23,27H,6,11-16H2,1-2H3. The second-order valence-corrected chi connectivity index (χ2v) is 9.70. The average molecular weight is 441 g/mol. The van der Waals surface area contributed by atoms with Crippen LogP contribution in [0.15, 0.2) is 60.7 Å². The van der Waals surface area contributed by atoms with Crippen LogP contribution in [0.25, 0.3) is 10.8 Å². The van der Waals surface area contributed by atoms with Crippen molar-refractivity contribution in [2.75, 3.05) is 19.6 Å². The molecule has 0 spiro atoms. The molecule has 4 heteroatoms. The molecule has 0 N–H and O–H groups in total. The molecule has 33 heavy (non-hydrogen) atoms. The van der Waals surface area contributed by atoms with Crippen LogP contribution < -0.4 is 0 Å². The van der Waals surface area contributed by atoms with Gasteiger partial charge in [0.05, 0.1) is 6.04 Å². The first-order valence-electron chi connectivity index (χ1n) is 12.2. The van der Waals surface area contributed by atoms with Crippen molar-refractivity contribution in [3.8, 4) is 0 Å². The van der Waals surface area contributed by atoms with E-state index in [0.717, 1.165) is 48.6 Å². The number of hydrogen-bond donors (Lipinski definition) is 0. The van der Waals surface area contributed by atoms with Crippen LogP contribution in [0.3, 0.4) is 0 Å². The normalized spacial score (nSPS) is 19.3. The summed E-state index contributed by atoms with van der Waals surface area (Å²) in [6.07, 6.45) is 3.58. The van der Waals surface area contributed by atoms with Crippen LogP contribution in [0.5, 0.6) is 0 Å². The summed E-state index contributed by atoms with van der Waals surface area (Å²) in [6.45, 7) is 6.37. The second kappa shape index (κ2) is 9.01. The topological polar surface area (TPSA) is 40.6 Å². The lowest BCUT2D eigenvalue weighted by Gasteiger charge is -2.35. The van der Waals surface area contributed by atoms with Gasteiger partial charge in [-0.2, -0.15) is 0 Å². The molecular formula is C29H32N2O2. The largest absolute Gasteiger partial charge is 0.339 e. The zero-order valence-electron chi connectivity index (χ0n) is 19.6. The fourth-order valence-corrected chi connectivity index (χ4v) is 5.73. The van der Waals surface area contributed by atoms with Gasteiger partial charge in [0, 0.05) is 31.1 Å². The molecule has 0 aromatic heterocycles. The summed E-state index contributed by atoms with van der Waals surface area (Å²) in [6, 6.07) is 20.8. The number of aryl methyl sites for hydroxylation is 2. The first kappa shape index (κ1) is 21.7. The van der Waals surface area contributed by atoms with Crippen molar-refractivity contribution in [1.29, 1.82) is 0 Å². The minimum absolute atomic E-state index is 0.00748. The molecule has 2 aliphatic heterocycles. The first-order valence-corrected chi connectivity index (χ1v) is 12.2. The van der Waals surface area contributed by atoms with Gasteiger partial charge in [-0.15, -0.1) is 0 Å². The van der Waals surface area contributed by atoms with Crippen molar-refractivity contribution in [2.24, 2.45) is 5.92 Å². The molecule has 0 radical (unpaired) electrons. The van der Waals surface area contributed by atoms with E-state index in [-0.39, 0.29) is 23.8 Å². The molecule has 3 aromatic rings. The summed E-state index contributed by atoms with van der Waals surface area (Å²) in [5.74, 6) is 0.356. The molecule has 0 saturated carbocycles. The van der Waals surface area contributed by atoms with Crippen LogP contribution in [0, 0.1) is 19.8 Å². The Morgan fingerprint density at radius 3 is 2.27 bits per heavy atom. The van der Waals surface area contributed by atoms with Crippen LogP contribution >= 0.6 is 0 Å². The molecule has 170 valence electrons. The molecule has 2 aliphatic rings. The van der Waals surface area contributed by atoms with Crippen LogP contribution in [0.2, 0.25) is 0 Å². The predicted molar refractivity (Wildman–Crippen MR) is 132 cm³/mol. The van der Waals surface area contributed by atoms with Gasteiger partial charge in [0.15, 0.2) is 0 Å². The van der Waals surface area contributed by atoms with Crippen LogP contribution in [0.4, 0.5) is 0 Å². The second-order valence-electron chi connectivity index (χ2n) is 9.70. The lowest BCUT2D eigenvalue weighted by atomic mass is 9.93. The van der Waals surface area contributed by atoms with Gasteiger partial charge in [-0.05, 0) is 61.9 Å². The number of nitrogens with zero attached hydrogens (tertiary/aromatic N) is 2. The summed E-state index contributed by atoms with van der Waals surface area (Å²) < 4.78 is 0. The lowest BCUT2D eigenvalue weighted by Crippen LogP contribution is -2.44. The highest BCUT2D eigenvalue weighted by atomic mass is 16.2. The van der Waals surface area contributed by atoms with Gasteiger partial charge in [-0.1, -0.05) is 65.7 Å². The minimum Gasteiger partial charge on any atom is -0.339 e. The summed E-state index contributed by atoms with van der Waals surface area (Å²) in [4.78, 5) is 30.8. The van der Waals surface area contributed by atoms with Gasteiger partial charge in [0.25, 0.3) is 5.91 Å². The highest BCUT2D eigenvalue weighted by molar-refractivity contribution is 6.07. The van der Waals surface area contributed by atoms with E-state index < -0.39 is 0 Å². The molecule has 3 aromatic carbocycles. The summed E-state index contributed by atoms with van der Waals surface area (Å²) in [5, 5.41) is 2.08. The first-order chi connectivity index (χ1) is 16.0. The number of benzene rings is 3. The fourth-order valence-electron chi connectivity index (χ4n) is 5.73. The number of amides is 2. The highest BCUT2D eigenvalue weighted by Gasteiger charge is 2.36. The Kier molecular flexibility index (Phi) is 5.92. The molecule has 4 nitrogen and oxygen atoms in total. The third-order valence-corrected chi connectivity index (χ3v) is 7.32. The number of carbonyl (C=O) groups is 2. The molecule has 1 atom stereocenters. The maximum Gasteiger partial charge on any atom is 0.254 e. The Balaban J connectivity index is 1.27. The number of hydrogen-bond acceptors (Lipinski definition) is 2. The summed E-state index contributed by atoms with van der Waals surface area (Å²) >= 11 is 0. The van der Waals surface area contributed by atoms with E-state index >= 15 is 0 Å². The average Bonchev–Trinajstić information content (AvgIpc) is 3.32. The number of piperidine rings is 1. The van der Waals surface area contributed by atoms with Gasteiger partial charge in [0.1, 0.15) is 0 Å². The van der Waals surface area contributed by atoms with Crippen molar-refractivity contribution in [2.45, 2.75) is 45.6 Å². The third-order valence-electron chi connectivity index (χ3n) is 7.32. The molecular weight excluding hydrogens is 408 g/mol. The van der Waals surface area contributed by atoms with E-state index in [2.05, 4.69) is 36.9 Å². The Morgan fingerprint density at radius 1 is 0.818 bits per heavy atom. The van der Waals surface area contributed by atoms with Gasteiger partial charge in [-0.25, -0.2) is 0 Å². The van der Waals surface area contributed by atoms with Crippen molar-refractivity contribution in [1.82, 2.24) is 9.80 Å². The Hall–Kier alpha value is -3.14. The molecule has 0 aliphatic carbocycles. The number of likely N-dealkylation sites (tertiary alicyclic amines) is 2. The number of carbonyl (C=O) groups excluding carboxylic acids is 2. The van der Waals surface area contributed by atoms with Gasteiger partial charge in [0.2, 0.25) is 5.91 Å². The SMILES string of the molecule is Cc1cc(C)cc(C2CCCN2C(=O)C2CCN(C(=O)c3cccc4ccccc34)CC2)c1. The van der Waals surface area contributed by atoms with Crippen molar-refractivity contribution >= 4 is 22.6 Å². The zero-order chi connectivity index (χ0) is 22.9. The molecule has 2 heterocycles. The monoisotopic (exact) mass is 440 g/mol. The summed E-state index contributed by atoms with van der Waals surface area (Å²) in [5.41, 5.74) is 4.53. The molecule has 5 rings (SSSR count).